The molecule has 4 aromatic heterocycles. The smallest absolute Gasteiger partial charge is 0.291 e. The number of pyridine rings is 2. The van der Waals surface area contributed by atoms with Crippen molar-refractivity contribution in [3.63, 3.8) is 0 Å². The zero-order chi connectivity index (χ0) is 37.4. The molecule has 2 N–H and O–H groups in total. The third kappa shape index (κ3) is 8.33. The number of rotatable bonds is 10. The second-order valence-electron chi connectivity index (χ2n) is 11.3. The van der Waals surface area contributed by atoms with Gasteiger partial charge in [-0.1, -0.05) is 23.7 Å². The minimum Gasteiger partial charge on any atom is -0.350 e. The Bertz CT molecular complexity index is 2200. The van der Waals surface area contributed by atoms with E-state index in [1.807, 2.05) is 6.92 Å². The molecule has 12 nitrogen and oxygen atoms in total. The molecule has 4 heterocycles. The largest absolute Gasteiger partial charge is 0.350 e. The van der Waals surface area contributed by atoms with Crippen molar-refractivity contribution >= 4 is 45.9 Å². The minimum absolute atomic E-state index is 0.0757. The lowest BCUT2D eigenvalue weighted by molar-refractivity contribution is 0.101. The molecule has 0 unspecified atom stereocenters. The molecule has 0 amide bonds. The molecule has 0 saturated carbocycles. The highest BCUT2D eigenvalue weighted by Gasteiger charge is 2.23. The van der Waals surface area contributed by atoms with Crippen LogP contribution in [0.2, 0.25) is 5.02 Å². The number of Topliss-reactive ketones (excluding diaryl/α,β-unsaturated/α-hetero) is 2. The highest BCUT2D eigenvalue weighted by atomic mass is 35.5. The Morgan fingerprint density at radius 1 is 0.673 bits per heavy atom. The number of aryl methyl sites for hydroxylation is 2. The number of halogens is 2. The predicted octanol–water partition coefficient (Wildman–Crippen LogP) is 7.34. The molecule has 0 atom stereocenters. The third-order valence-electron chi connectivity index (χ3n) is 7.71. The summed E-state index contributed by atoms with van der Waals surface area (Å²) in [6.07, 6.45) is 6.41. The molecular weight excluding hydrogens is 687 g/mol. The minimum atomic E-state index is -0.446. The Hall–Kier alpha value is -6.34. The Labute approximate surface area is 303 Å². The summed E-state index contributed by atoms with van der Waals surface area (Å²) < 4.78 is 16.1. The van der Waals surface area contributed by atoms with Crippen molar-refractivity contribution in [2.75, 3.05) is 10.6 Å². The number of benzene rings is 2. The summed E-state index contributed by atoms with van der Waals surface area (Å²) >= 11 is 6.03. The monoisotopic (exact) mass is 720 g/mol. The lowest BCUT2D eigenvalue weighted by Gasteiger charge is -2.16. The molecule has 0 spiro atoms. The van der Waals surface area contributed by atoms with Crippen molar-refractivity contribution in [3.05, 3.63) is 140 Å². The first-order chi connectivity index (χ1) is 25.0. The molecule has 6 rings (SSSR count). The fourth-order valence-corrected chi connectivity index (χ4v) is 5.52. The summed E-state index contributed by atoms with van der Waals surface area (Å²) in [6.45, 7) is 7.09. The van der Waals surface area contributed by atoms with Crippen LogP contribution in [0.1, 0.15) is 48.4 Å². The van der Waals surface area contributed by atoms with Gasteiger partial charge in [0.1, 0.15) is 28.6 Å². The first kappa shape index (κ1) is 36.9. The normalized spacial score (nSPS) is 10.6. The maximum atomic E-state index is 13.5. The van der Waals surface area contributed by atoms with E-state index < -0.39 is 11.4 Å². The van der Waals surface area contributed by atoms with Crippen LogP contribution in [-0.2, 0) is 13.1 Å². The van der Waals surface area contributed by atoms with Crippen LogP contribution in [0.5, 0.6) is 0 Å². The van der Waals surface area contributed by atoms with Crippen molar-refractivity contribution in [2.24, 2.45) is 0 Å². The van der Waals surface area contributed by atoms with Crippen LogP contribution < -0.4 is 21.8 Å². The van der Waals surface area contributed by atoms with Crippen LogP contribution in [-0.4, -0.2) is 41.1 Å². The number of carbonyl (C=O) groups is 2. The number of carbonyl (C=O) groups excluding carboxylic acids is 2. The molecule has 6 aromatic rings. The van der Waals surface area contributed by atoms with Crippen molar-refractivity contribution < 1.29 is 14.0 Å². The molecule has 0 aliphatic heterocycles. The van der Waals surface area contributed by atoms with Gasteiger partial charge in [-0.3, -0.25) is 29.1 Å². The first-order valence-electron chi connectivity index (χ1n) is 16.2. The van der Waals surface area contributed by atoms with E-state index in [0.29, 0.717) is 52.0 Å². The Morgan fingerprint density at radius 2 is 1.10 bits per heavy atom. The SMILES string of the molecule is CCn1nc(-c2ccncc2)c(C(C)=O)c(Nc2cccc(Cl)c2)c1=O.CCn1nc(-c2ccncc2)c(C(C)=O)c(Nc2cccc(F)c2)c1=O. The molecule has 2 aromatic carbocycles. The molecule has 0 saturated heterocycles. The molecule has 14 heteroatoms. The third-order valence-corrected chi connectivity index (χ3v) is 7.95. The second kappa shape index (κ2) is 16.6. The summed E-state index contributed by atoms with van der Waals surface area (Å²) in [5.74, 6) is -1.02. The molecule has 52 heavy (non-hydrogen) atoms. The molecule has 0 radical (unpaired) electrons. The average Bonchev–Trinajstić information content (AvgIpc) is 3.14. The summed E-state index contributed by atoms with van der Waals surface area (Å²) in [6, 6.07) is 19.6. The maximum absolute atomic E-state index is 13.5. The summed E-state index contributed by atoms with van der Waals surface area (Å²) in [7, 11) is 0. The number of hydrogen-bond donors (Lipinski definition) is 2. The van der Waals surface area contributed by atoms with E-state index in [4.69, 9.17) is 11.6 Å². The standard InChI is InChI=1S/C19H17ClN4O2.C19H17FN4O2/c2*1-3-24-19(26)18(22-15-6-4-5-14(20)11-15)16(12(2)25)17(23-24)13-7-9-21-10-8-13/h2*4-11,22H,3H2,1-2H3. The first-order valence-corrected chi connectivity index (χ1v) is 16.6. The average molecular weight is 721 g/mol. The van der Waals surface area contributed by atoms with Crippen LogP contribution in [0.4, 0.5) is 27.1 Å². The highest BCUT2D eigenvalue weighted by molar-refractivity contribution is 6.30. The van der Waals surface area contributed by atoms with Crippen molar-refractivity contribution in [1.82, 2.24) is 29.5 Å². The van der Waals surface area contributed by atoms with Crippen molar-refractivity contribution in [1.29, 1.82) is 0 Å². The van der Waals surface area contributed by atoms with Crippen LogP contribution in [0.25, 0.3) is 22.5 Å². The van der Waals surface area contributed by atoms with Gasteiger partial charge in [0.25, 0.3) is 11.1 Å². The summed E-state index contributed by atoms with van der Waals surface area (Å²) in [5.41, 5.74) is 3.03. The molecule has 0 aliphatic rings. The fourth-order valence-electron chi connectivity index (χ4n) is 5.33. The van der Waals surface area contributed by atoms with Gasteiger partial charge in [0.05, 0.1) is 11.1 Å². The van der Waals surface area contributed by atoms with Gasteiger partial charge in [0, 0.05) is 65.4 Å². The van der Waals surface area contributed by atoms with Gasteiger partial charge in [-0.15, -0.1) is 0 Å². The molecule has 0 bridgehead atoms. The van der Waals surface area contributed by atoms with Crippen molar-refractivity contribution in [3.8, 4) is 22.5 Å². The van der Waals surface area contributed by atoms with Crippen LogP contribution in [0, 0.1) is 5.82 Å². The highest BCUT2D eigenvalue weighted by Crippen LogP contribution is 2.29. The van der Waals surface area contributed by atoms with Crippen LogP contribution in [0.15, 0.2) is 107 Å². The lowest BCUT2D eigenvalue weighted by atomic mass is 10.0. The van der Waals surface area contributed by atoms with E-state index in [9.17, 15) is 23.6 Å². The van der Waals surface area contributed by atoms with Gasteiger partial charge in [0.15, 0.2) is 11.6 Å². The summed E-state index contributed by atoms with van der Waals surface area (Å²) in [5, 5.41) is 15.2. The van der Waals surface area contributed by atoms with Gasteiger partial charge >= 0.3 is 0 Å². The Morgan fingerprint density at radius 3 is 1.48 bits per heavy atom. The molecular formula is C38H34ClFN8O4. The van der Waals surface area contributed by atoms with Gasteiger partial charge < -0.3 is 10.6 Å². The topological polar surface area (TPSA) is 154 Å². The van der Waals surface area contributed by atoms with Gasteiger partial charge in [-0.2, -0.15) is 10.2 Å². The van der Waals surface area contributed by atoms with Gasteiger partial charge in [0.2, 0.25) is 0 Å². The second-order valence-corrected chi connectivity index (χ2v) is 11.7. The van der Waals surface area contributed by atoms with Crippen LogP contribution in [0.3, 0.4) is 0 Å². The fraction of sp³-hybridized carbons (Fsp3) is 0.158. The predicted molar refractivity (Wildman–Crippen MR) is 199 cm³/mol. The summed E-state index contributed by atoms with van der Waals surface area (Å²) in [4.78, 5) is 58.3. The van der Waals surface area contributed by atoms with Crippen LogP contribution >= 0.6 is 11.6 Å². The molecule has 0 aliphatic carbocycles. The maximum Gasteiger partial charge on any atom is 0.291 e. The van der Waals surface area contributed by atoms with Crippen molar-refractivity contribution in [2.45, 2.75) is 40.8 Å². The molecule has 0 fully saturated rings. The number of nitrogens with one attached hydrogen (secondary N) is 2. The number of nitrogens with zero attached hydrogens (tertiary/aromatic N) is 6. The lowest BCUT2D eigenvalue weighted by Crippen LogP contribution is -2.28. The van der Waals surface area contributed by atoms with E-state index in [0.717, 1.165) is 0 Å². The van der Waals surface area contributed by atoms with E-state index in [1.165, 1.54) is 41.4 Å². The zero-order valence-corrected chi connectivity index (χ0v) is 29.5. The van der Waals surface area contributed by atoms with Gasteiger partial charge in [-0.25, -0.2) is 13.8 Å². The van der Waals surface area contributed by atoms with E-state index in [1.54, 1.807) is 86.3 Å². The Balaban J connectivity index is 0.000000201. The van der Waals surface area contributed by atoms with Gasteiger partial charge in [-0.05, 0) is 88.4 Å². The quantitative estimate of drug-likeness (QED) is 0.138. The van der Waals surface area contributed by atoms with E-state index >= 15 is 0 Å². The number of anilines is 4. The molecule has 264 valence electrons. The number of hydrogen-bond acceptors (Lipinski definition) is 10. The number of aromatic nitrogens is 6. The Kier molecular flexibility index (Phi) is 11.8. The zero-order valence-electron chi connectivity index (χ0n) is 28.7. The van der Waals surface area contributed by atoms with E-state index in [-0.39, 0.29) is 39.6 Å². The van der Waals surface area contributed by atoms with E-state index in [2.05, 4.69) is 30.8 Å². The number of ketones is 2.